The molecule has 0 spiro atoms. The Morgan fingerprint density at radius 3 is 2.95 bits per heavy atom. The fourth-order valence-electron chi connectivity index (χ4n) is 1.60. The summed E-state index contributed by atoms with van der Waals surface area (Å²) in [6.45, 7) is 6.76. The van der Waals surface area contributed by atoms with Gasteiger partial charge in [-0.15, -0.1) is 6.58 Å². The van der Waals surface area contributed by atoms with Crippen LogP contribution in [0.2, 0.25) is 0 Å². The summed E-state index contributed by atoms with van der Waals surface area (Å²) in [6, 6.07) is 5.06. The molecule has 1 amide bonds. The van der Waals surface area contributed by atoms with E-state index in [2.05, 4.69) is 18.8 Å². The predicted molar refractivity (Wildman–Crippen MR) is 78.4 cm³/mol. The van der Waals surface area contributed by atoms with Gasteiger partial charge in [0, 0.05) is 12.1 Å². The lowest BCUT2D eigenvalue weighted by Gasteiger charge is -2.10. The van der Waals surface area contributed by atoms with E-state index in [-0.39, 0.29) is 5.91 Å². The standard InChI is InChI=1S/C15H22N2O2/c1-3-5-6-10-19-14-11-12(7-8-13(14)16)15(18)17-9-4-2/h4,7-8,11H,2-3,5-6,9-10,16H2,1H3,(H,17,18). The summed E-state index contributed by atoms with van der Waals surface area (Å²) in [6.07, 6.45) is 4.89. The molecule has 0 saturated carbocycles. The van der Waals surface area contributed by atoms with Crippen molar-refractivity contribution in [3.63, 3.8) is 0 Å². The minimum Gasteiger partial charge on any atom is -0.491 e. The molecule has 0 aliphatic rings. The Hall–Kier alpha value is -1.97. The number of carbonyl (C=O) groups is 1. The van der Waals surface area contributed by atoms with Crippen LogP contribution in [-0.4, -0.2) is 19.1 Å². The second-order valence-electron chi connectivity index (χ2n) is 4.31. The minimum atomic E-state index is -0.154. The molecule has 1 aromatic rings. The quantitative estimate of drug-likeness (QED) is 0.430. The van der Waals surface area contributed by atoms with Gasteiger partial charge in [-0.05, 0) is 24.6 Å². The zero-order chi connectivity index (χ0) is 14.1. The van der Waals surface area contributed by atoms with E-state index < -0.39 is 0 Å². The molecule has 1 aromatic carbocycles. The first kappa shape index (κ1) is 15.1. The summed E-state index contributed by atoms with van der Waals surface area (Å²) in [7, 11) is 0. The van der Waals surface area contributed by atoms with Crippen LogP contribution in [0.1, 0.15) is 36.5 Å². The molecule has 19 heavy (non-hydrogen) atoms. The van der Waals surface area contributed by atoms with Crippen LogP contribution in [-0.2, 0) is 0 Å². The number of nitrogens with two attached hydrogens (primary N) is 1. The Balaban J connectivity index is 2.65. The molecule has 4 nitrogen and oxygen atoms in total. The van der Waals surface area contributed by atoms with E-state index in [1.807, 2.05) is 0 Å². The van der Waals surface area contributed by atoms with Gasteiger partial charge in [0.2, 0.25) is 0 Å². The fraction of sp³-hybridized carbons (Fsp3) is 0.400. The van der Waals surface area contributed by atoms with Gasteiger partial charge in [-0.1, -0.05) is 25.8 Å². The SMILES string of the molecule is C=CCNC(=O)c1ccc(N)c(OCCCCC)c1. The van der Waals surface area contributed by atoms with Gasteiger partial charge in [0.25, 0.3) is 5.91 Å². The Bertz CT molecular complexity index is 430. The Kier molecular flexibility index (Phi) is 6.50. The van der Waals surface area contributed by atoms with Gasteiger partial charge in [-0.25, -0.2) is 0 Å². The van der Waals surface area contributed by atoms with Gasteiger partial charge in [0.1, 0.15) is 5.75 Å². The maximum absolute atomic E-state index is 11.8. The largest absolute Gasteiger partial charge is 0.491 e. The van der Waals surface area contributed by atoms with Crippen molar-refractivity contribution in [1.82, 2.24) is 5.32 Å². The molecule has 0 radical (unpaired) electrons. The van der Waals surface area contributed by atoms with Crippen molar-refractivity contribution in [2.24, 2.45) is 0 Å². The number of amides is 1. The monoisotopic (exact) mass is 262 g/mol. The molecule has 0 fully saturated rings. The Morgan fingerprint density at radius 1 is 1.47 bits per heavy atom. The number of benzene rings is 1. The van der Waals surface area contributed by atoms with Gasteiger partial charge in [-0.2, -0.15) is 0 Å². The van der Waals surface area contributed by atoms with Crippen LogP contribution < -0.4 is 15.8 Å². The van der Waals surface area contributed by atoms with Crippen molar-refractivity contribution < 1.29 is 9.53 Å². The molecule has 0 aliphatic heterocycles. The number of hydrogen-bond donors (Lipinski definition) is 2. The van der Waals surface area contributed by atoms with Gasteiger partial charge in [0.15, 0.2) is 0 Å². The topological polar surface area (TPSA) is 64.4 Å². The molecule has 0 bridgehead atoms. The lowest BCUT2D eigenvalue weighted by Crippen LogP contribution is -2.23. The summed E-state index contributed by atoms with van der Waals surface area (Å²) in [5.74, 6) is 0.417. The van der Waals surface area contributed by atoms with Gasteiger partial charge in [-0.3, -0.25) is 4.79 Å². The maximum atomic E-state index is 11.8. The first-order valence-corrected chi connectivity index (χ1v) is 6.60. The van der Waals surface area contributed by atoms with E-state index >= 15 is 0 Å². The van der Waals surface area contributed by atoms with Crippen LogP contribution >= 0.6 is 0 Å². The highest BCUT2D eigenvalue weighted by Gasteiger charge is 2.08. The first-order chi connectivity index (χ1) is 9.19. The highest BCUT2D eigenvalue weighted by molar-refractivity contribution is 5.95. The van der Waals surface area contributed by atoms with E-state index in [1.54, 1.807) is 24.3 Å². The summed E-state index contributed by atoms with van der Waals surface area (Å²) in [5, 5.41) is 2.72. The van der Waals surface area contributed by atoms with E-state index in [1.165, 1.54) is 0 Å². The number of ether oxygens (including phenoxy) is 1. The molecular formula is C15H22N2O2. The van der Waals surface area contributed by atoms with Crippen LogP contribution in [0, 0.1) is 0 Å². The van der Waals surface area contributed by atoms with Crippen molar-refractivity contribution >= 4 is 11.6 Å². The zero-order valence-corrected chi connectivity index (χ0v) is 11.4. The number of hydrogen-bond acceptors (Lipinski definition) is 3. The molecular weight excluding hydrogens is 240 g/mol. The third-order valence-electron chi connectivity index (χ3n) is 2.69. The van der Waals surface area contributed by atoms with Crippen LogP contribution in [0.25, 0.3) is 0 Å². The van der Waals surface area contributed by atoms with Crippen molar-refractivity contribution in [3.05, 3.63) is 36.4 Å². The smallest absolute Gasteiger partial charge is 0.251 e. The molecule has 3 N–H and O–H groups in total. The summed E-state index contributed by atoms with van der Waals surface area (Å²) in [4.78, 5) is 11.8. The van der Waals surface area contributed by atoms with Crippen LogP contribution in [0.3, 0.4) is 0 Å². The maximum Gasteiger partial charge on any atom is 0.251 e. The van der Waals surface area contributed by atoms with E-state index in [0.29, 0.717) is 30.2 Å². The normalized spacial score (nSPS) is 9.95. The molecule has 0 unspecified atom stereocenters. The van der Waals surface area contributed by atoms with Gasteiger partial charge < -0.3 is 15.8 Å². The molecule has 0 saturated heterocycles. The summed E-state index contributed by atoms with van der Waals surface area (Å²) >= 11 is 0. The highest BCUT2D eigenvalue weighted by atomic mass is 16.5. The number of nitrogen functional groups attached to an aromatic ring is 1. The van der Waals surface area contributed by atoms with E-state index in [0.717, 1.165) is 19.3 Å². The fourth-order valence-corrected chi connectivity index (χ4v) is 1.60. The highest BCUT2D eigenvalue weighted by Crippen LogP contribution is 2.23. The molecule has 0 aliphatic carbocycles. The van der Waals surface area contributed by atoms with Crippen molar-refractivity contribution in [2.75, 3.05) is 18.9 Å². The minimum absolute atomic E-state index is 0.154. The molecule has 1 rings (SSSR count). The van der Waals surface area contributed by atoms with Crippen molar-refractivity contribution in [3.8, 4) is 5.75 Å². The van der Waals surface area contributed by atoms with Crippen molar-refractivity contribution in [2.45, 2.75) is 26.2 Å². The molecule has 0 heterocycles. The predicted octanol–water partition coefficient (Wildman–Crippen LogP) is 2.75. The van der Waals surface area contributed by atoms with E-state index in [4.69, 9.17) is 10.5 Å². The van der Waals surface area contributed by atoms with Gasteiger partial charge in [0.05, 0.1) is 12.3 Å². The zero-order valence-electron chi connectivity index (χ0n) is 11.4. The number of unbranched alkanes of at least 4 members (excludes halogenated alkanes) is 2. The summed E-state index contributed by atoms with van der Waals surface area (Å²) in [5.41, 5.74) is 6.93. The Labute approximate surface area is 114 Å². The second-order valence-corrected chi connectivity index (χ2v) is 4.31. The molecule has 104 valence electrons. The lowest BCUT2D eigenvalue weighted by atomic mass is 10.1. The molecule has 4 heteroatoms. The average molecular weight is 262 g/mol. The number of carbonyl (C=O) groups excluding carboxylic acids is 1. The summed E-state index contributed by atoms with van der Waals surface area (Å²) < 4.78 is 5.61. The molecule has 0 aromatic heterocycles. The third-order valence-corrected chi connectivity index (χ3v) is 2.69. The number of nitrogens with one attached hydrogen (secondary N) is 1. The Morgan fingerprint density at radius 2 is 2.26 bits per heavy atom. The first-order valence-electron chi connectivity index (χ1n) is 6.60. The van der Waals surface area contributed by atoms with Crippen molar-refractivity contribution in [1.29, 1.82) is 0 Å². The van der Waals surface area contributed by atoms with Crippen LogP contribution in [0.4, 0.5) is 5.69 Å². The second kappa shape index (κ2) is 8.19. The van der Waals surface area contributed by atoms with E-state index in [9.17, 15) is 4.79 Å². The third kappa shape index (κ3) is 5.04. The van der Waals surface area contributed by atoms with Crippen LogP contribution in [0.5, 0.6) is 5.75 Å². The van der Waals surface area contributed by atoms with Crippen LogP contribution in [0.15, 0.2) is 30.9 Å². The lowest BCUT2D eigenvalue weighted by molar-refractivity contribution is 0.0957. The molecule has 0 atom stereocenters. The van der Waals surface area contributed by atoms with Gasteiger partial charge >= 0.3 is 0 Å². The average Bonchev–Trinajstić information content (AvgIpc) is 2.42. The number of anilines is 1. The number of rotatable bonds is 8.